The average molecular weight is 295 g/mol. The number of nitrogens with one attached hydrogen (secondary N) is 1. The van der Waals surface area contributed by atoms with Gasteiger partial charge in [0.05, 0.1) is 29.5 Å². The fourth-order valence-electron chi connectivity index (χ4n) is 1.30. The Balaban J connectivity index is 3.23. The summed E-state index contributed by atoms with van der Waals surface area (Å²) in [7, 11) is -4.03. The fourth-order valence-corrected chi connectivity index (χ4v) is 3.37. The van der Waals surface area contributed by atoms with Crippen molar-refractivity contribution < 1.29 is 18.6 Å². The van der Waals surface area contributed by atoms with Crippen molar-refractivity contribution in [1.29, 1.82) is 0 Å². The van der Waals surface area contributed by atoms with Gasteiger partial charge in [-0.15, -0.1) is 0 Å². The van der Waals surface area contributed by atoms with Gasteiger partial charge in [-0.1, -0.05) is 17.7 Å². The van der Waals surface area contributed by atoms with E-state index in [1.54, 1.807) is 0 Å². The minimum absolute atomic E-state index is 0.00627. The van der Waals surface area contributed by atoms with Crippen LogP contribution < -0.4 is 10.5 Å². The normalized spacial score (nSPS) is 12.7. The summed E-state index contributed by atoms with van der Waals surface area (Å²) in [5.74, 6) is 0. The van der Waals surface area contributed by atoms with Crippen LogP contribution >= 0.6 is 11.6 Å². The Morgan fingerprint density at radius 1 is 1.39 bits per heavy atom. The Hall–Kier alpha value is -0.860. The summed E-state index contributed by atoms with van der Waals surface area (Å²) >= 11 is 5.81. The van der Waals surface area contributed by atoms with Crippen LogP contribution in [0.4, 0.5) is 5.69 Å². The first-order valence-electron chi connectivity index (χ1n) is 5.05. The number of nitrogen functional groups attached to an aromatic ring is 1. The number of hydrogen-bond acceptors (Lipinski definition) is 5. The molecular weight excluding hydrogens is 280 g/mol. The molecule has 1 aromatic carbocycles. The molecule has 1 rings (SSSR count). The van der Waals surface area contributed by atoms with Crippen LogP contribution in [-0.4, -0.2) is 37.4 Å². The van der Waals surface area contributed by atoms with E-state index in [1.165, 1.54) is 25.1 Å². The van der Waals surface area contributed by atoms with Crippen LogP contribution in [0.5, 0.6) is 0 Å². The molecule has 6 nitrogen and oxygen atoms in total. The first-order valence-corrected chi connectivity index (χ1v) is 6.91. The summed E-state index contributed by atoms with van der Waals surface area (Å²) in [5, 5.41) is 18.1. The molecule has 0 amide bonds. The molecule has 0 bridgehead atoms. The lowest BCUT2D eigenvalue weighted by Gasteiger charge is -2.26. The quantitative estimate of drug-likeness (QED) is 0.569. The largest absolute Gasteiger partial charge is 0.398 e. The summed E-state index contributed by atoms with van der Waals surface area (Å²) in [5.41, 5.74) is 4.19. The topological polar surface area (TPSA) is 113 Å². The molecule has 0 saturated carbocycles. The summed E-state index contributed by atoms with van der Waals surface area (Å²) < 4.78 is 26.4. The van der Waals surface area contributed by atoms with Crippen molar-refractivity contribution in [3.8, 4) is 0 Å². The van der Waals surface area contributed by atoms with Crippen molar-refractivity contribution in [3.63, 3.8) is 0 Å². The second kappa shape index (κ2) is 5.41. The van der Waals surface area contributed by atoms with Gasteiger partial charge >= 0.3 is 0 Å². The molecule has 0 saturated heterocycles. The molecule has 18 heavy (non-hydrogen) atoms. The van der Waals surface area contributed by atoms with Crippen LogP contribution in [0, 0.1) is 0 Å². The maximum atomic E-state index is 12.1. The number of benzene rings is 1. The Bertz CT molecular complexity index is 508. The van der Waals surface area contributed by atoms with Gasteiger partial charge in [-0.2, -0.15) is 0 Å². The highest BCUT2D eigenvalue weighted by molar-refractivity contribution is 7.89. The van der Waals surface area contributed by atoms with E-state index < -0.39 is 28.8 Å². The molecule has 0 fully saturated rings. The number of hydrogen-bond donors (Lipinski definition) is 4. The molecule has 0 unspecified atom stereocenters. The highest BCUT2D eigenvalue weighted by atomic mass is 35.5. The second-order valence-electron chi connectivity index (χ2n) is 4.14. The van der Waals surface area contributed by atoms with Gasteiger partial charge in [0.1, 0.15) is 4.90 Å². The summed E-state index contributed by atoms with van der Waals surface area (Å²) in [4.78, 5) is -0.264. The van der Waals surface area contributed by atoms with Crippen LogP contribution in [0.1, 0.15) is 6.92 Å². The van der Waals surface area contributed by atoms with Crippen molar-refractivity contribution in [3.05, 3.63) is 23.2 Å². The maximum Gasteiger partial charge on any atom is 0.244 e. The van der Waals surface area contributed by atoms with E-state index in [0.29, 0.717) is 0 Å². The van der Waals surface area contributed by atoms with Crippen LogP contribution in [0.25, 0.3) is 0 Å². The van der Waals surface area contributed by atoms with Crippen molar-refractivity contribution in [2.75, 3.05) is 18.9 Å². The van der Waals surface area contributed by atoms with Gasteiger partial charge in [-0.3, -0.25) is 0 Å². The van der Waals surface area contributed by atoms with Gasteiger partial charge in [0.2, 0.25) is 10.0 Å². The molecule has 0 aliphatic heterocycles. The monoisotopic (exact) mass is 294 g/mol. The Labute approximate surface area is 110 Å². The molecule has 5 N–H and O–H groups in total. The van der Waals surface area contributed by atoms with Crippen LogP contribution in [-0.2, 0) is 10.0 Å². The number of aliphatic hydroxyl groups excluding tert-OH is 2. The van der Waals surface area contributed by atoms with E-state index in [2.05, 4.69) is 4.72 Å². The lowest BCUT2D eigenvalue weighted by Crippen LogP contribution is -2.51. The molecule has 1 aromatic rings. The van der Waals surface area contributed by atoms with Crippen LogP contribution in [0.15, 0.2) is 23.1 Å². The number of anilines is 1. The average Bonchev–Trinajstić information content (AvgIpc) is 2.27. The summed E-state index contributed by atoms with van der Waals surface area (Å²) in [6.45, 7) is 0.234. The van der Waals surface area contributed by atoms with E-state index in [9.17, 15) is 8.42 Å². The van der Waals surface area contributed by atoms with Crippen LogP contribution in [0.2, 0.25) is 5.02 Å². The van der Waals surface area contributed by atoms with Crippen molar-refractivity contribution in [2.24, 2.45) is 0 Å². The van der Waals surface area contributed by atoms with E-state index >= 15 is 0 Å². The predicted octanol–water partition coefficient (Wildman–Crippen LogP) is -0.0562. The third-order valence-corrected chi connectivity index (χ3v) is 4.53. The van der Waals surface area contributed by atoms with Gasteiger partial charge < -0.3 is 15.9 Å². The zero-order valence-electron chi connectivity index (χ0n) is 9.72. The standard InChI is InChI=1S/C10H15ClN2O4S/c1-10(5-14,6-15)13-18(16,17)9-7(11)3-2-4-8(9)12/h2-4,13-15H,5-6,12H2,1H3. The van der Waals surface area contributed by atoms with Crippen molar-refractivity contribution in [2.45, 2.75) is 17.4 Å². The molecule has 8 heteroatoms. The molecule has 0 aliphatic carbocycles. The smallest absolute Gasteiger partial charge is 0.244 e. The Kier molecular flexibility index (Phi) is 4.57. The van der Waals surface area contributed by atoms with Gasteiger partial charge in [0.15, 0.2) is 0 Å². The molecule has 0 atom stereocenters. The third kappa shape index (κ3) is 3.12. The fraction of sp³-hybridized carbons (Fsp3) is 0.400. The number of nitrogens with two attached hydrogens (primary N) is 1. The predicted molar refractivity (Wildman–Crippen MR) is 68.8 cm³/mol. The number of sulfonamides is 1. The zero-order chi connectivity index (χ0) is 14.0. The van der Waals surface area contributed by atoms with Crippen LogP contribution in [0.3, 0.4) is 0 Å². The van der Waals surface area contributed by atoms with Gasteiger partial charge in [-0.05, 0) is 19.1 Å². The first-order chi connectivity index (χ1) is 8.25. The molecular formula is C10H15ClN2O4S. The van der Waals surface area contributed by atoms with Crippen molar-refractivity contribution in [1.82, 2.24) is 4.72 Å². The summed E-state index contributed by atoms with van der Waals surface area (Å²) in [6, 6.07) is 4.31. The first kappa shape index (κ1) is 15.2. The molecule has 0 aromatic heterocycles. The van der Waals surface area contributed by atoms with E-state index in [-0.39, 0.29) is 15.6 Å². The highest BCUT2D eigenvalue weighted by Crippen LogP contribution is 2.27. The molecule has 0 aliphatic rings. The second-order valence-corrected chi connectivity index (χ2v) is 6.17. The number of halogens is 1. The minimum Gasteiger partial charge on any atom is -0.398 e. The van der Waals surface area contributed by atoms with Gasteiger partial charge in [-0.25, -0.2) is 13.1 Å². The van der Waals surface area contributed by atoms with Gasteiger partial charge in [0.25, 0.3) is 0 Å². The van der Waals surface area contributed by atoms with E-state index in [4.69, 9.17) is 27.5 Å². The van der Waals surface area contributed by atoms with Crippen molar-refractivity contribution >= 4 is 27.3 Å². The minimum atomic E-state index is -4.03. The van der Waals surface area contributed by atoms with E-state index in [1.807, 2.05) is 0 Å². The Morgan fingerprint density at radius 2 is 1.94 bits per heavy atom. The molecule has 0 radical (unpaired) electrons. The SMILES string of the molecule is CC(CO)(CO)NS(=O)(=O)c1c(N)cccc1Cl. The molecule has 102 valence electrons. The number of rotatable bonds is 5. The Morgan fingerprint density at radius 3 is 2.39 bits per heavy atom. The summed E-state index contributed by atoms with van der Waals surface area (Å²) in [6.07, 6.45) is 0. The molecule has 0 heterocycles. The third-order valence-electron chi connectivity index (χ3n) is 2.34. The highest BCUT2D eigenvalue weighted by Gasteiger charge is 2.31. The zero-order valence-corrected chi connectivity index (χ0v) is 11.3. The lowest BCUT2D eigenvalue weighted by atomic mass is 10.1. The van der Waals surface area contributed by atoms with E-state index in [0.717, 1.165) is 0 Å². The number of aliphatic hydroxyl groups is 2. The maximum absolute atomic E-state index is 12.1. The van der Waals surface area contributed by atoms with Gasteiger partial charge in [0, 0.05) is 0 Å². The lowest BCUT2D eigenvalue weighted by molar-refractivity contribution is 0.122. The molecule has 0 spiro atoms.